The third-order valence-electron chi connectivity index (χ3n) is 4.55. The Bertz CT molecular complexity index is 1000. The second-order valence-electron chi connectivity index (χ2n) is 6.39. The van der Waals surface area contributed by atoms with Crippen LogP contribution in [0.25, 0.3) is 0 Å². The van der Waals surface area contributed by atoms with Gasteiger partial charge in [0.15, 0.2) is 17.3 Å². The summed E-state index contributed by atoms with van der Waals surface area (Å²) in [6, 6.07) is 3.01. The number of nitro groups is 1. The summed E-state index contributed by atoms with van der Waals surface area (Å²) in [5.41, 5.74) is -0.914. The first kappa shape index (κ1) is 22.0. The molecule has 1 saturated heterocycles. The highest BCUT2D eigenvalue weighted by atomic mass is 35.5. The maximum Gasteiger partial charge on any atom is 0.358 e. The van der Waals surface area contributed by atoms with E-state index in [0.29, 0.717) is 12.8 Å². The largest absolute Gasteiger partial charge is 0.487 e. The van der Waals surface area contributed by atoms with E-state index < -0.39 is 39.5 Å². The Kier molecular flexibility index (Phi) is 6.57. The second kappa shape index (κ2) is 8.97. The van der Waals surface area contributed by atoms with E-state index in [2.05, 4.69) is 9.72 Å². The highest BCUT2D eigenvalue weighted by molar-refractivity contribution is 6.38. The molecule has 2 aromatic rings. The van der Waals surface area contributed by atoms with Crippen molar-refractivity contribution in [3.05, 3.63) is 55.8 Å². The maximum absolute atomic E-state index is 13.8. The van der Waals surface area contributed by atoms with Crippen LogP contribution in [0.4, 0.5) is 20.2 Å². The first-order valence-corrected chi connectivity index (χ1v) is 9.46. The molecule has 1 aliphatic rings. The van der Waals surface area contributed by atoms with Gasteiger partial charge in [0, 0.05) is 32.0 Å². The molecule has 12 heteroatoms. The van der Waals surface area contributed by atoms with Crippen molar-refractivity contribution in [1.29, 1.82) is 0 Å². The van der Waals surface area contributed by atoms with E-state index in [9.17, 15) is 23.7 Å². The van der Waals surface area contributed by atoms with Crippen LogP contribution in [-0.2, 0) is 4.74 Å². The molecule has 0 bridgehead atoms. The highest BCUT2D eigenvalue weighted by Gasteiger charge is 2.34. The van der Waals surface area contributed by atoms with Gasteiger partial charge in [-0.3, -0.25) is 10.1 Å². The summed E-state index contributed by atoms with van der Waals surface area (Å²) in [5, 5.41) is 10.8. The molecule has 1 aromatic carbocycles. The number of carbonyl (C=O) groups excluding carboxylic acids is 1. The van der Waals surface area contributed by atoms with Gasteiger partial charge in [0.1, 0.15) is 22.6 Å². The average Bonchev–Trinajstić information content (AvgIpc) is 2.71. The third-order valence-corrected chi connectivity index (χ3v) is 5.17. The molecular weight excluding hydrogens is 447 g/mol. The highest BCUT2D eigenvalue weighted by Crippen LogP contribution is 2.42. The Labute approximate surface area is 179 Å². The van der Waals surface area contributed by atoms with Gasteiger partial charge < -0.3 is 14.4 Å². The molecule has 0 amide bonds. The van der Waals surface area contributed by atoms with E-state index in [0.717, 1.165) is 19.2 Å². The molecule has 0 unspecified atom stereocenters. The van der Waals surface area contributed by atoms with Gasteiger partial charge >= 0.3 is 11.7 Å². The smallest absolute Gasteiger partial charge is 0.358 e. The monoisotopic (exact) mass is 461 g/mol. The van der Waals surface area contributed by atoms with Crippen molar-refractivity contribution in [3.8, 4) is 5.75 Å². The van der Waals surface area contributed by atoms with Gasteiger partial charge in [-0.05, 0) is 12.1 Å². The summed E-state index contributed by atoms with van der Waals surface area (Å²) >= 11 is 12.2. The van der Waals surface area contributed by atoms with Crippen molar-refractivity contribution < 1.29 is 28.0 Å². The van der Waals surface area contributed by atoms with Crippen LogP contribution in [0.2, 0.25) is 10.2 Å². The summed E-state index contributed by atoms with van der Waals surface area (Å²) in [6.07, 6.45) is 0.312. The molecule has 0 spiro atoms. The van der Waals surface area contributed by atoms with Gasteiger partial charge in [0.2, 0.25) is 5.15 Å². The van der Waals surface area contributed by atoms with Gasteiger partial charge in [-0.25, -0.2) is 18.6 Å². The van der Waals surface area contributed by atoms with E-state index in [1.807, 2.05) is 0 Å². The van der Waals surface area contributed by atoms with E-state index >= 15 is 0 Å². The molecule has 1 aliphatic heterocycles. The molecule has 0 saturated carbocycles. The van der Waals surface area contributed by atoms with Crippen LogP contribution in [-0.4, -0.2) is 42.2 Å². The Morgan fingerprint density at radius 1 is 1.30 bits per heavy atom. The molecule has 0 N–H and O–H groups in total. The minimum absolute atomic E-state index is 0.0477. The number of nitrogens with zero attached hydrogens (tertiary/aromatic N) is 3. The second-order valence-corrected chi connectivity index (χ2v) is 7.13. The lowest BCUT2D eigenvalue weighted by Crippen LogP contribution is -2.39. The number of methoxy groups -OCH3 is 1. The number of benzene rings is 1. The standard InChI is InChI=1S/C18H15Cl2F2N3O5/c1-29-18(26)14-13(19)15(16(25(27)28)17(20)23-14)24-6-4-10(5-7-24)30-12-3-2-9(21)8-11(12)22/h2-3,8,10H,4-7H2,1H3. The zero-order valence-corrected chi connectivity index (χ0v) is 17.0. The van der Waals surface area contributed by atoms with Crippen LogP contribution in [0.15, 0.2) is 18.2 Å². The zero-order valence-electron chi connectivity index (χ0n) is 15.5. The van der Waals surface area contributed by atoms with Crippen molar-refractivity contribution in [2.75, 3.05) is 25.1 Å². The fraction of sp³-hybridized carbons (Fsp3) is 0.333. The van der Waals surface area contributed by atoms with Crippen molar-refractivity contribution in [3.63, 3.8) is 0 Å². The molecule has 0 radical (unpaired) electrons. The molecule has 3 rings (SSSR count). The van der Waals surface area contributed by atoms with E-state index in [-0.39, 0.29) is 35.2 Å². The van der Waals surface area contributed by atoms with Crippen molar-refractivity contribution in [2.24, 2.45) is 0 Å². The Morgan fingerprint density at radius 3 is 2.53 bits per heavy atom. The topological polar surface area (TPSA) is 94.8 Å². The SMILES string of the molecule is COC(=O)c1nc(Cl)c([N+](=O)[O-])c(N2CCC(Oc3ccc(F)cc3F)CC2)c1Cl. The molecular formula is C18H15Cl2F2N3O5. The minimum atomic E-state index is -0.886. The number of pyridine rings is 1. The number of rotatable bonds is 5. The molecule has 1 fully saturated rings. The van der Waals surface area contributed by atoms with Gasteiger partial charge in [-0.1, -0.05) is 23.2 Å². The first-order valence-electron chi connectivity index (χ1n) is 8.71. The van der Waals surface area contributed by atoms with Gasteiger partial charge in [0.25, 0.3) is 0 Å². The van der Waals surface area contributed by atoms with E-state index in [1.165, 1.54) is 6.07 Å². The van der Waals surface area contributed by atoms with Crippen LogP contribution in [0.3, 0.4) is 0 Å². The van der Waals surface area contributed by atoms with E-state index in [4.69, 9.17) is 27.9 Å². The Balaban J connectivity index is 1.84. The summed E-state index contributed by atoms with van der Waals surface area (Å²) < 4.78 is 37.0. The molecule has 0 aliphatic carbocycles. The Morgan fingerprint density at radius 2 is 1.97 bits per heavy atom. The first-order chi connectivity index (χ1) is 14.2. The normalized spacial score (nSPS) is 14.5. The number of ether oxygens (including phenoxy) is 2. The van der Waals surface area contributed by atoms with Crippen LogP contribution in [0.5, 0.6) is 5.75 Å². The fourth-order valence-corrected chi connectivity index (χ4v) is 3.72. The molecule has 1 aromatic heterocycles. The molecule has 8 nitrogen and oxygen atoms in total. The summed E-state index contributed by atoms with van der Waals surface area (Å²) in [7, 11) is 1.12. The number of aromatic nitrogens is 1. The number of carbonyl (C=O) groups is 1. The lowest BCUT2D eigenvalue weighted by molar-refractivity contribution is -0.384. The van der Waals surface area contributed by atoms with Gasteiger partial charge in [-0.15, -0.1) is 0 Å². The summed E-state index contributed by atoms with van der Waals surface area (Å²) in [6.45, 7) is 0.490. The summed E-state index contributed by atoms with van der Waals surface area (Å²) in [5.74, 6) is -2.51. The van der Waals surface area contributed by atoms with Crippen molar-refractivity contribution in [1.82, 2.24) is 4.98 Å². The predicted octanol–water partition coefficient (Wildman–Crippen LogP) is 4.41. The number of halogens is 4. The summed E-state index contributed by atoms with van der Waals surface area (Å²) in [4.78, 5) is 28.0. The predicted molar refractivity (Wildman–Crippen MR) is 104 cm³/mol. The van der Waals surface area contributed by atoms with Gasteiger partial charge in [0.05, 0.1) is 12.0 Å². The maximum atomic E-state index is 13.8. The molecule has 2 heterocycles. The number of piperidine rings is 1. The lowest BCUT2D eigenvalue weighted by Gasteiger charge is -2.34. The van der Waals surface area contributed by atoms with Crippen LogP contribution < -0.4 is 9.64 Å². The van der Waals surface area contributed by atoms with E-state index in [1.54, 1.807) is 4.90 Å². The van der Waals surface area contributed by atoms with Crippen LogP contribution >= 0.6 is 23.2 Å². The number of hydrogen-bond donors (Lipinski definition) is 0. The van der Waals surface area contributed by atoms with Gasteiger partial charge in [-0.2, -0.15) is 0 Å². The average molecular weight is 462 g/mol. The lowest BCUT2D eigenvalue weighted by atomic mass is 10.1. The van der Waals surface area contributed by atoms with Crippen LogP contribution in [0.1, 0.15) is 23.3 Å². The molecule has 30 heavy (non-hydrogen) atoms. The molecule has 160 valence electrons. The molecule has 0 atom stereocenters. The minimum Gasteiger partial charge on any atom is -0.487 e. The number of anilines is 1. The number of esters is 1. The third kappa shape index (κ3) is 4.39. The quantitative estimate of drug-likeness (QED) is 0.281. The Hall–Kier alpha value is -2.72. The van der Waals surface area contributed by atoms with Crippen molar-refractivity contribution >= 4 is 40.5 Å². The van der Waals surface area contributed by atoms with Crippen LogP contribution in [0, 0.1) is 21.7 Å². The zero-order chi connectivity index (χ0) is 22.0. The number of hydrogen-bond acceptors (Lipinski definition) is 7. The fourth-order valence-electron chi connectivity index (χ4n) is 3.14. The van der Waals surface area contributed by atoms with Crippen molar-refractivity contribution in [2.45, 2.75) is 18.9 Å².